The van der Waals surface area contributed by atoms with Gasteiger partial charge in [-0.1, -0.05) is 6.92 Å². The largest absolute Gasteiger partial charge is 0.496 e. The van der Waals surface area contributed by atoms with Crippen molar-refractivity contribution in [3.8, 4) is 16.5 Å². The monoisotopic (exact) mass is 264 g/mol. The van der Waals surface area contributed by atoms with Crippen molar-refractivity contribution in [1.82, 2.24) is 20.1 Å². The lowest BCUT2D eigenvalue weighted by atomic mass is 10.2. The predicted molar refractivity (Wildman–Crippen MR) is 70.9 cm³/mol. The van der Waals surface area contributed by atoms with Crippen LogP contribution >= 0.6 is 11.3 Å². The van der Waals surface area contributed by atoms with Gasteiger partial charge in [0.1, 0.15) is 5.75 Å². The first-order valence-electron chi connectivity index (χ1n) is 6.13. The average Bonchev–Trinajstić information content (AvgIpc) is 3.03. The molecule has 5 nitrogen and oxygen atoms in total. The summed E-state index contributed by atoms with van der Waals surface area (Å²) in [6, 6.07) is 2.34. The van der Waals surface area contributed by atoms with Crippen molar-refractivity contribution < 1.29 is 4.74 Å². The van der Waals surface area contributed by atoms with E-state index < -0.39 is 0 Å². The van der Waals surface area contributed by atoms with Gasteiger partial charge in [-0.25, -0.2) is 0 Å². The van der Waals surface area contributed by atoms with Gasteiger partial charge < -0.3 is 14.6 Å². The average molecular weight is 264 g/mol. The fraction of sp³-hybridized carbons (Fsp3) is 0.500. The first kappa shape index (κ1) is 11.7. The molecule has 1 aliphatic rings. The minimum atomic E-state index is 0.321. The highest BCUT2D eigenvalue weighted by molar-refractivity contribution is 7.13. The van der Waals surface area contributed by atoms with Crippen LogP contribution < -0.4 is 10.1 Å². The van der Waals surface area contributed by atoms with Gasteiger partial charge in [-0.3, -0.25) is 0 Å². The topological polar surface area (TPSA) is 52.0 Å². The molecule has 0 fully saturated rings. The Balaban J connectivity index is 2.01. The smallest absolute Gasteiger partial charge is 0.174 e. The van der Waals surface area contributed by atoms with Crippen LogP contribution in [0.3, 0.4) is 0 Å². The molecule has 1 atom stereocenters. The standard InChI is InChI=1S/C12H16N4OS/c1-3-9-11-14-15-12(16(11)5-4-13-9)10-6-8(17-2)7-18-10/h6-7,9,13H,3-5H2,1-2H3. The number of thiophene rings is 1. The van der Waals surface area contributed by atoms with E-state index in [0.29, 0.717) is 6.04 Å². The summed E-state index contributed by atoms with van der Waals surface area (Å²) in [4.78, 5) is 1.11. The highest BCUT2D eigenvalue weighted by atomic mass is 32.1. The molecular weight excluding hydrogens is 248 g/mol. The summed E-state index contributed by atoms with van der Waals surface area (Å²) in [5, 5.41) is 14.1. The summed E-state index contributed by atoms with van der Waals surface area (Å²) >= 11 is 1.64. The summed E-state index contributed by atoms with van der Waals surface area (Å²) in [5.41, 5.74) is 0. The lowest BCUT2D eigenvalue weighted by molar-refractivity contribution is 0.407. The van der Waals surface area contributed by atoms with Crippen molar-refractivity contribution in [1.29, 1.82) is 0 Å². The third-order valence-electron chi connectivity index (χ3n) is 3.26. The summed E-state index contributed by atoms with van der Waals surface area (Å²) < 4.78 is 7.44. The molecule has 0 saturated carbocycles. The van der Waals surface area contributed by atoms with E-state index >= 15 is 0 Å². The zero-order valence-electron chi connectivity index (χ0n) is 10.5. The second kappa shape index (κ2) is 4.70. The second-order valence-electron chi connectivity index (χ2n) is 4.30. The molecule has 0 radical (unpaired) electrons. The van der Waals surface area contributed by atoms with Crippen molar-refractivity contribution in [2.75, 3.05) is 13.7 Å². The molecule has 0 aromatic carbocycles. The Morgan fingerprint density at radius 3 is 3.17 bits per heavy atom. The summed E-state index contributed by atoms with van der Waals surface area (Å²) in [5.74, 6) is 2.89. The van der Waals surface area contributed by atoms with Crippen molar-refractivity contribution in [2.24, 2.45) is 0 Å². The molecule has 0 saturated heterocycles. The molecule has 0 bridgehead atoms. The normalized spacial score (nSPS) is 18.7. The molecule has 3 heterocycles. The van der Waals surface area contributed by atoms with Gasteiger partial charge >= 0.3 is 0 Å². The number of fused-ring (bicyclic) bond motifs is 1. The number of rotatable bonds is 3. The summed E-state index contributed by atoms with van der Waals surface area (Å²) in [7, 11) is 1.68. The molecule has 2 aromatic heterocycles. The molecule has 96 valence electrons. The minimum Gasteiger partial charge on any atom is -0.496 e. The van der Waals surface area contributed by atoms with E-state index in [1.54, 1.807) is 18.4 Å². The highest BCUT2D eigenvalue weighted by Gasteiger charge is 2.24. The molecule has 1 N–H and O–H groups in total. The Morgan fingerprint density at radius 1 is 1.56 bits per heavy atom. The van der Waals surface area contributed by atoms with Gasteiger partial charge in [-0.15, -0.1) is 21.5 Å². The Hall–Kier alpha value is -1.40. The van der Waals surface area contributed by atoms with Gasteiger partial charge in [0.15, 0.2) is 11.6 Å². The molecule has 1 unspecified atom stereocenters. The summed E-state index contributed by atoms with van der Waals surface area (Å²) in [6.07, 6.45) is 1.03. The number of aromatic nitrogens is 3. The van der Waals surface area contributed by atoms with Gasteiger partial charge in [0.25, 0.3) is 0 Å². The van der Waals surface area contributed by atoms with Gasteiger partial charge in [-0.05, 0) is 6.42 Å². The first-order chi connectivity index (χ1) is 8.83. The Bertz CT molecular complexity index is 548. The van der Waals surface area contributed by atoms with Crippen molar-refractivity contribution in [2.45, 2.75) is 25.9 Å². The number of hydrogen-bond acceptors (Lipinski definition) is 5. The van der Waals surface area contributed by atoms with Gasteiger partial charge in [0.05, 0.1) is 18.0 Å². The molecule has 0 amide bonds. The molecular formula is C12H16N4OS. The van der Waals surface area contributed by atoms with Crippen molar-refractivity contribution in [3.63, 3.8) is 0 Å². The third-order valence-corrected chi connectivity index (χ3v) is 4.16. The Kier molecular flexibility index (Phi) is 3.05. The van der Waals surface area contributed by atoms with Crippen LogP contribution in [0.2, 0.25) is 0 Å². The van der Waals surface area contributed by atoms with E-state index in [1.807, 2.05) is 11.4 Å². The third kappa shape index (κ3) is 1.81. The van der Waals surface area contributed by atoms with Gasteiger partial charge in [0, 0.05) is 24.5 Å². The molecule has 18 heavy (non-hydrogen) atoms. The maximum Gasteiger partial charge on any atom is 0.174 e. The lowest BCUT2D eigenvalue weighted by Crippen LogP contribution is -2.33. The van der Waals surface area contributed by atoms with E-state index in [4.69, 9.17) is 4.74 Å². The van der Waals surface area contributed by atoms with Crippen molar-refractivity contribution in [3.05, 3.63) is 17.3 Å². The van der Waals surface area contributed by atoms with E-state index in [1.165, 1.54) is 0 Å². The van der Waals surface area contributed by atoms with Gasteiger partial charge in [-0.2, -0.15) is 0 Å². The van der Waals surface area contributed by atoms with E-state index in [2.05, 4.69) is 27.0 Å². The lowest BCUT2D eigenvalue weighted by Gasteiger charge is -2.23. The van der Waals surface area contributed by atoms with Crippen molar-refractivity contribution >= 4 is 11.3 Å². The zero-order chi connectivity index (χ0) is 12.5. The fourth-order valence-electron chi connectivity index (χ4n) is 2.29. The van der Waals surface area contributed by atoms with Crippen LogP contribution in [-0.4, -0.2) is 28.4 Å². The fourth-order valence-corrected chi connectivity index (χ4v) is 3.14. The minimum absolute atomic E-state index is 0.321. The molecule has 3 rings (SSSR count). The van der Waals surface area contributed by atoms with E-state index in [9.17, 15) is 0 Å². The molecule has 6 heteroatoms. The number of methoxy groups -OCH3 is 1. The number of hydrogen-bond donors (Lipinski definition) is 1. The van der Waals surface area contributed by atoms with Crippen LogP contribution in [-0.2, 0) is 6.54 Å². The maximum atomic E-state index is 5.22. The van der Waals surface area contributed by atoms with Crippen LogP contribution in [0.25, 0.3) is 10.7 Å². The quantitative estimate of drug-likeness (QED) is 0.922. The second-order valence-corrected chi connectivity index (χ2v) is 5.21. The summed E-state index contributed by atoms with van der Waals surface area (Å²) in [6.45, 7) is 4.06. The Morgan fingerprint density at radius 2 is 2.44 bits per heavy atom. The van der Waals surface area contributed by atoms with Crippen LogP contribution in [0.4, 0.5) is 0 Å². The van der Waals surface area contributed by atoms with Crippen LogP contribution in [0, 0.1) is 0 Å². The molecule has 1 aliphatic heterocycles. The first-order valence-corrected chi connectivity index (χ1v) is 7.00. The van der Waals surface area contributed by atoms with E-state index in [0.717, 1.165) is 41.8 Å². The molecule has 0 aliphatic carbocycles. The van der Waals surface area contributed by atoms with Crippen LogP contribution in [0.5, 0.6) is 5.75 Å². The molecule has 2 aromatic rings. The van der Waals surface area contributed by atoms with Crippen LogP contribution in [0.15, 0.2) is 11.4 Å². The SMILES string of the molecule is CCC1NCCn2c(-c3cc(OC)cs3)nnc21. The highest BCUT2D eigenvalue weighted by Crippen LogP contribution is 2.32. The number of nitrogens with one attached hydrogen (secondary N) is 1. The van der Waals surface area contributed by atoms with Crippen LogP contribution in [0.1, 0.15) is 25.2 Å². The van der Waals surface area contributed by atoms with Gasteiger partial charge in [0.2, 0.25) is 0 Å². The number of ether oxygens (including phenoxy) is 1. The predicted octanol–water partition coefficient (Wildman–Crippen LogP) is 2.07. The zero-order valence-corrected chi connectivity index (χ0v) is 11.3. The van der Waals surface area contributed by atoms with E-state index in [-0.39, 0.29) is 0 Å². The number of nitrogens with zero attached hydrogens (tertiary/aromatic N) is 3. The Labute approximate surface area is 110 Å². The molecule has 0 spiro atoms. The maximum absolute atomic E-state index is 5.22.